The summed E-state index contributed by atoms with van der Waals surface area (Å²) in [6.07, 6.45) is 0. The maximum absolute atomic E-state index is 11.4. The van der Waals surface area contributed by atoms with E-state index in [1.807, 2.05) is 6.92 Å². The molecule has 1 aromatic heterocycles. The number of aromatic nitrogens is 2. The van der Waals surface area contributed by atoms with Crippen molar-refractivity contribution in [1.29, 1.82) is 0 Å². The van der Waals surface area contributed by atoms with Crippen molar-refractivity contribution in [2.45, 2.75) is 13.8 Å². The predicted octanol–water partition coefficient (Wildman–Crippen LogP) is 0.172. The summed E-state index contributed by atoms with van der Waals surface area (Å²) < 4.78 is 5.01. The first-order chi connectivity index (χ1) is 6.63. The number of anilines is 1. The molecule has 2 N–H and O–H groups in total. The van der Waals surface area contributed by atoms with Gasteiger partial charge >= 0.3 is 6.01 Å². The second kappa shape index (κ2) is 4.71. The van der Waals surface area contributed by atoms with Gasteiger partial charge in [-0.25, -0.2) is 0 Å². The Balaban J connectivity index is 2.48. The molecule has 0 saturated heterocycles. The van der Waals surface area contributed by atoms with Crippen LogP contribution in [0.3, 0.4) is 0 Å². The first-order valence-corrected chi connectivity index (χ1v) is 4.39. The van der Waals surface area contributed by atoms with Crippen LogP contribution in [0.4, 0.5) is 6.01 Å². The average Bonchev–Trinajstić information content (AvgIpc) is 2.51. The Bertz CT molecular complexity index is 310. The number of aryl methyl sites for hydroxylation is 1. The van der Waals surface area contributed by atoms with E-state index in [0.29, 0.717) is 12.4 Å². The quantitative estimate of drug-likeness (QED) is 0.721. The van der Waals surface area contributed by atoms with E-state index in [2.05, 4.69) is 20.8 Å². The first kappa shape index (κ1) is 10.6. The zero-order valence-corrected chi connectivity index (χ0v) is 8.50. The summed E-state index contributed by atoms with van der Waals surface area (Å²) in [6.45, 7) is 4.09. The number of amides is 1. The average molecular weight is 198 g/mol. The van der Waals surface area contributed by atoms with Gasteiger partial charge in [-0.2, -0.15) is 0 Å². The molecule has 0 saturated carbocycles. The van der Waals surface area contributed by atoms with Crippen molar-refractivity contribution < 1.29 is 9.21 Å². The van der Waals surface area contributed by atoms with Gasteiger partial charge in [0.05, 0.1) is 0 Å². The predicted molar refractivity (Wildman–Crippen MR) is 50.8 cm³/mol. The Morgan fingerprint density at radius 3 is 2.79 bits per heavy atom. The second-order valence-corrected chi connectivity index (χ2v) is 3.07. The van der Waals surface area contributed by atoms with Gasteiger partial charge in [-0.05, 0) is 7.05 Å². The molecule has 1 atom stereocenters. The molecule has 0 fully saturated rings. The molecule has 78 valence electrons. The van der Waals surface area contributed by atoms with Crippen molar-refractivity contribution in [3.8, 4) is 0 Å². The smallest absolute Gasteiger partial charge is 0.322 e. The van der Waals surface area contributed by atoms with Crippen LogP contribution in [0.2, 0.25) is 0 Å². The van der Waals surface area contributed by atoms with E-state index >= 15 is 0 Å². The minimum Gasteiger partial charge on any atom is -0.408 e. The summed E-state index contributed by atoms with van der Waals surface area (Å²) in [5, 5.41) is 12.7. The second-order valence-electron chi connectivity index (χ2n) is 3.07. The lowest BCUT2D eigenvalue weighted by molar-refractivity contribution is -0.119. The van der Waals surface area contributed by atoms with E-state index in [1.54, 1.807) is 14.0 Å². The highest BCUT2D eigenvalue weighted by atomic mass is 16.4. The van der Waals surface area contributed by atoms with Crippen LogP contribution in [-0.4, -0.2) is 29.7 Å². The highest BCUT2D eigenvalue weighted by Gasteiger charge is 2.14. The molecule has 0 spiro atoms. The van der Waals surface area contributed by atoms with Crippen molar-refractivity contribution in [2.24, 2.45) is 5.92 Å². The highest BCUT2D eigenvalue weighted by Crippen LogP contribution is 2.05. The molecule has 1 amide bonds. The fourth-order valence-corrected chi connectivity index (χ4v) is 0.975. The maximum atomic E-state index is 11.4. The fourth-order valence-electron chi connectivity index (χ4n) is 0.975. The zero-order chi connectivity index (χ0) is 10.6. The van der Waals surface area contributed by atoms with Crippen LogP contribution < -0.4 is 10.6 Å². The molecule has 14 heavy (non-hydrogen) atoms. The molecule has 0 aliphatic rings. The minimum atomic E-state index is -0.136. The third kappa shape index (κ3) is 2.81. The Morgan fingerprint density at radius 1 is 1.57 bits per heavy atom. The lowest BCUT2D eigenvalue weighted by Gasteiger charge is -2.08. The molecule has 0 radical (unpaired) electrons. The van der Waals surface area contributed by atoms with Gasteiger partial charge in [0.25, 0.3) is 0 Å². The van der Waals surface area contributed by atoms with Crippen molar-refractivity contribution >= 4 is 11.9 Å². The van der Waals surface area contributed by atoms with Crippen LogP contribution in [0.5, 0.6) is 0 Å². The van der Waals surface area contributed by atoms with E-state index in [-0.39, 0.29) is 17.8 Å². The molecule has 1 unspecified atom stereocenters. The molecular weight excluding hydrogens is 184 g/mol. The van der Waals surface area contributed by atoms with Gasteiger partial charge in [0, 0.05) is 19.4 Å². The molecule has 1 rings (SSSR count). The lowest BCUT2D eigenvalue weighted by Crippen LogP contribution is -2.28. The van der Waals surface area contributed by atoms with E-state index in [0.717, 1.165) is 0 Å². The van der Waals surface area contributed by atoms with E-state index in [4.69, 9.17) is 4.42 Å². The van der Waals surface area contributed by atoms with Gasteiger partial charge in [-0.3, -0.25) is 10.1 Å². The molecule has 0 aromatic carbocycles. The topological polar surface area (TPSA) is 80.0 Å². The van der Waals surface area contributed by atoms with Gasteiger partial charge in [0.15, 0.2) is 0 Å². The lowest BCUT2D eigenvalue weighted by atomic mass is 10.2. The van der Waals surface area contributed by atoms with E-state index in [9.17, 15) is 4.79 Å². The van der Waals surface area contributed by atoms with Crippen molar-refractivity contribution in [1.82, 2.24) is 15.5 Å². The molecule has 1 heterocycles. The van der Waals surface area contributed by atoms with Crippen molar-refractivity contribution in [2.75, 3.05) is 18.9 Å². The summed E-state index contributed by atoms with van der Waals surface area (Å²) >= 11 is 0. The molecule has 0 aliphatic carbocycles. The molecule has 6 nitrogen and oxygen atoms in total. The van der Waals surface area contributed by atoms with Gasteiger partial charge in [-0.15, -0.1) is 5.10 Å². The monoisotopic (exact) mass is 198 g/mol. The van der Waals surface area contributed by atoms with Crippen LogP contribution in [0, 0.1) is 12.8 Å². The summed E-state index contributed by atoms with van der Waals surface area (Å²) in [7, 11) is 1.79. The normalized spacial score (nSPS) is 12.5. The summed E-state index contributed by atoms with van der Waals surface area (Å²) in [6, 6.07) is 0.149. The number of carbonyl (C=O) groups excluding carboxylic acids is 1. The van der Waals surface area contributed by atoms with Crippen LogP contribution in [0.15, 0.2) is 4.42 Å². The number of rotatable bonds is 4. The van der Waals surface area contributed by atoms with Crippen molar-refractivity contribution in [3.05, 3.63) is 5.89 Å². The van der Waals surface area contributed by atoms with Crippen molar-refractivity contribution in [3.63, 3.8) is 0 Å². The highest BCUT2D eigenvalue weighted by molar-refractivity contribution is 5.90. The minimum absolute atomic E-state index is 0.132. The van der Waals surface area contributed by atoms with Crippen LogP contribution in [-0.2, 0) is 4.79 Å². The SMILES string of the molecule is CNCC(C)C(=O)Nc1nnc(C)o1. The van der Waals surface area contributed by atoms with Gasteiger partial charge in [-0.1, -0.05) is 12.0 Å². The number of nitrogens with one attached hydrogen (secondary N) is 2. The van der Waals surface area contributed by atoms with E-state index < -0.39 is 0 Å². The van der Waals surface area contributed by atoms with Gasteiger partial charge in [0.1, 0.15) is 0 Å². The molecule has 6 heteroatoms. The Labute approximate surface area is 82.1 Å². The Hall–Kier alpha value is -1.43. The first-order valence-electron chi connectivity index (χ1n) is 4.39. The Morgan fingerprint density at radius 2 is 2.29 bits per heavy atom. The van der Waals surface area contributed by atoms with Crippen LogP contribution >= 0.6 is 0 Å². The molecular formula is C8H14N4O2. The summed E-state index contributed by atoms with van der Waals surface area (Å²) in [5.41, 5.74) is 0. The summed E-state index contributed by atoms with van der Waals surface area (Å²) in [5.74, 6) is 0.164. The number of hydrogen-bond acceptors (Lipinski definition) is 5. The largest absolute Gasteiger partial charge is 0.408 e. The van der Waals surface area contributed by atoms with Gasteiger partial charge < -0.3 is 9.73 Å². The van der Waals surface area contributed by atoms with E-state index in [1.165, 1.54) is 0 Å². The summed E-state index contributed by atoms with van der Waals surface area (Å²) in [4.78, 5) is 11.4. The third-order valence-corrected chi connectivity index (χ3v) is 1.71. The zero-order valence-electron chi connectivity index (χ0n) is 8.50. The molecule has 0 aliphatic heterocycles. The van der Waals surface area contributed by atoms with Crippen LogP contribution in [0.25, 0.3) is 0 Å². The molecule has 1 aromatic rings. The molecule has 0 bridgehead atoms. The van der Waals surface area contributed by atoms with Crippen LogP contribution in [0.1, 0.15) is 12.8 Å². The maximum Gasteiger partial charge on any atom is 0.322 e. The number of carbonyl (C=O) groups is 1. The Kier molecular flexibility index (Phi) is 3.58. The number of nitrogens with zero attached hydrogens (tertiary/aromatic N) is 2. The number of hydrogen-bond donors (Lipinski definition) is 2. The van der Waals surface area contributed by atoms with Gasteiger partial charge in [0.2, 0.25) is 11.8 Å². The third-order valence-electron chi connectivity index (χ3n) is 1.71. The standard InChI is InChI=1S/C8H14N4O2/c1-5(4-9-3)7(13)10-8-12-11-6(2)14-8/h5,9H,4H2,1-3H3,(H,10,12,13). The fraction of sp³-hybridized carbons (Fsp3) is 0.625.